The molecule has 0 aliphatic heterocycles. The number of carbonyl (C=O) groups excluding carboxylic acids is 1. The maximum atomic E-state index is 13.6. The molecule has 1 N–H and O–H groups in total. The monoisotopic (exact) mass is 364 g/mol. The van der Waals surface area contributed by atoms with Gasteiger partial charge in [-0.15, -0.1) is 11.8 Å². The molecule has 3 rings (SSSR count). The van der Waals surface area contributed by atoms with Gasteiger partial charge in [0, 0.05) is 23.1 Å². The first-order chi connectivity index (χ1) is 11.5. The smallest absolute Gasteiger partial charge is 0.226 e. The first-order valence-electron chi connectivity index (χ1n) is 7.26. The maximum absolute atomic E-state index is 13.6. The molecule has 1 heterocycles. The Morgan fingerprint density at radius 2 is 2.00 bits per heavy atom. The van der Waals surface area contributed by atoms with E-state index in [1.807, 2.05) is 31.2 Å². The van der Waals surface area contributed by atoms with Gasteiger partial charge in [0.1, 0.15) is 11.3 Å². The van der Waals surface area contributed by atoms with Crippen molar-refractivity contribution in [3.8, 4) is 0 Å². The predicted octanol–water partition coefficient (Wildman–Crippen LogP) is 5.00. The Morgan fingerprint density at radius 1 is 1.25 bits per heavy atom. The molecule has 3 aromatic rings. The van der Waals surface area contributed by atoms with E-state index in [9.17, 15) is 13.6 Å². The third-order valence-electron chi connectivity index (χ3n) is 3.28. The van der Waals surface area contributed by atoms with Gasteiger partial charge in [-0.25, -0.2) is 13.8 Å². The number of thioether (sulfide) groups is 1. The number of rotatable bonds is 5. The van der Waals surface area contributed by atoms with Gasteiger partial charge in [-0.3, -0.25) is 4.79 Å². The first-order valence-corrected chi connectivity index (χ1v) is 9.06. The number of carbonyl (C=O) groups is 1. The molecule has 1 amide bonds. The first kappa shape index (κ1) is 16.9. The number of aryl methyl sites for hydroxylation is 1. The van der Waals surface area contributed by atoms with Gasteiger partial charge in [0.2, 0.25) is 5.91 Å². The van der Waals surface area contributed by atoms with Crippen LogP contribution in [0.25, 0.3) is 10.2 Å². The molecule has 0 aliphatic carbocycles. The van der Waals surface area contributed by atoms with E-state index in [1.165, 1.54) is 11.6 Å². The van der Waals surface area contributed by atoms with Crippen LogP contribution in [0.4, 0.5) is 13.9 Å². The third kappa shape index (κ3) is 4.10. The standard InChI is InChI=1S/C17H14F2N2OS2/c1-10-2-4-12(5-3-10)23-7-6-15(22)20-17-21-16-13(19)8-11(18)9-14(16)24-17/h2-5,8-9H,6-7H2,1H3,(H,20,21,22). The Hall–Kier alpha value is -1.99. The number of aromatic nitrogens is 1. The normalized spacial score (nSPS) is 11.0. The van der Waals surface area contributed by atoms with Crippen molar-refractivity contribution < 1.29 is 13.6 Å². The van der Waals surface area contributed by atoms with Crippen LogP contribution in [0, 0.1) is 18.6 Å². The molecule has 0 saturated heterocycles. The van der Waals surface area contributed by atoms with Crippen molar-refractivity contribution in [2.24, 2.45) is 0 Å². The quantitative estimate of drug-likeness (QED) is 0.648. The molecule has 24 heavy (non-hydrogen) atoms. The molecule has 124 valence electrons. The summed E-state index contributed by atoms with van der Waals surface area (Å²) < 4.78 is 27.1. The summed E-state index contributed by atoms with van der Waals surface area (Å²) in [5.74, 6) is -0.953. The van der Waals surface area contributed by atoms with Gasteiger partial charge in [0.25, 0.3) is 0 Å². The summed E-state index contributed by atoms with van der Waals surface area (Å²) in [6, 6.07) is 10.1. The Kier molecular flexibility index (Phi) is 5.11. The van der Waals surface area contributed by atoms with E-state index in [2.05, 4.69) is 10.3 Å². The molecule has 7 heteroatoms. The number of thiazole rings is 1. The van der Waals surface area contributed by atoms with Gasteiger partial charge in [-0.05, 0) is 25.1 Å². The van der Waals surface area contributed by atoms with Crippen LogP contribution in [0.3, 0.4) is 0 Å². The number of hydrogen-bond acceptors (Lipinski definition) is 4. The highest BCUT2D eigenvalue weighted by molar-refractivity contribution is 7.99. The van der Waals surface area contributed by atoms with Gasteiger partial charge in [-0.1, -0.05) is 29.0 Å². The Balaban J connectivity index is 1.57. The number of anilines is 1. The topological polar surface area (TPSA) is 42.0 Å². The number of fused-ring (bicyclic) bond motifs is 1. The lowest BCUT2D eigenvalue weighted by Crippen LogP contribution is -2.11. The zero-order valence-electron chi connectivity index (χ0n) is 12.8. The molecule has 3 nitrogen and oxygen atoms in total. The summed E-state index contributed by atoms with van der Waals surface area (Å²) in [6.45, 7) is 2.02. The molecule has 0 aliphatic rings. The summed E-state index contributed by atoms with van der Waals surface area (Å²) in [5.41, 5.74) is 1.27. The van der Waals surface area contributed by atoms with Crippen LogP contribution in [0.5, 0.6) is 0 Å². The molecule has 0 spiro atoms. The summed E-state index contributed by atoms with van der Waals surface area (Å²) in [5, 5.41) is 2.92. The van der Waals surface area contributed by atoms with Gasteiger partial charge in [0.15, 0.2) is 10.9 Å². The third-order valence-corrected chi connectivity index (χ3v) is 5.21. The molecule has 1 aromatic heterocycles. The van der Waals surface area contributed by atoms with Crippen molar-refractivity contribution in [1.29, 1.82) is 0 Å². The zero-order chi connectivity index (χ0) is 17.1. The summed E-state index contributed by atoms with van der Waals surface area (Å²) in [6.07, 6.45) is 0.311. The van der Waals surface area contributed by atoms with E-state index < -0.39 is 11.6 Å². The zero-order valence-corrected chi connectivity index (χ0v) is 14.4. The van der Waals surface area contributed by atoms with Crippen LogP contribution < -0.4 is 5.32 Å². The fraction of sp³-hybridized carbons (Fsp3) is 0.176. The minimum absolute atomic E-state index is 0.0748. The molecule has 0 fully saturated rings. The van der Waals surface area contributed by atoms with E-state index in [1.54, 1.807) is 11.8 Å². The van der Waals surface area contributed by atoms with Gasteiger partial charge >= 0.3 is 0 Å². The molecule has 2 aromatic carbocycles. The second kappa shape index (κ2) is 7.27. The largest absolute Gasteiger partial charge is 0.302 e. The highest BCUT2D eigenvalue weighted by Gasteiger charge is 2.12. The fourth-order valence-electron chi connectivity index (χ4n) is 2.09. The fourth-order valence-corrected chi connectivity index (χ4v) is 3.86. The predicted molar refractivity (Wildman–Crippen MR) is 94.7 cm³/mol. The number of benzene rings is 2. The molecular formula is C17H14F2N2OS2. The minimum Gasteiger partial charge on any atom is -0.302 e. The molecule has 0 unspecified atom stereocenters. The average molecular weight is 364 g/mol. The number of amides is 1. The van der Waals surface area contributed by atoms with E-state index in [-0.39, 0.29) is 16.6 Å². The number of halogens is 2. The number of nitrogens with zero attached hydrogens (tertiary/aromatic N) is 1. The van der Waals surface area contributed by atoms with Crippen LogP contribution >= 0.6 is 23.1 Å². The van der Waals surface area contributed by atoms with Crippen molar-refractivity contribution in [2.45, 2.75) is 18.2 Å². The Morgan fingerprint density at radius 3 is 2.75 bits per heavy atom. The van der Waals surface area contributed by atoms with Crippen molar-refractivity contribution in [3.05, 3.63) is 53.6 Å². The lowest BCUT2D eigenvalue weighted by Gasteiger charge is -2.02. The van der Waals surface area contributed by atoms with Crippen molar-refractivity contribution in [2.75, 3.05) is 11.1 Å². The SMILES string of the molecule is Cc1ccc(SCCC(=O)Nc2nc3c(F)cc(F)cc3s2)cc1. The molecule has 0 saturated carbocycles. The summed E-state index contributed by atoms with van der Waals surface area (Å²) >= 11 is 2.65. The van der Waals surface area contributed by atoms with Crippen LogP contribution in [-0.2, 0) is 4.79 Å². The van der Waals surface area contributed by atoms with Gasteiger partial charge in [-0.2, -0.15) is 0 Å². The van der Waals surface area contributed by atoms with Crippen molar-refractivity contribution >= 4 is 44.4 Å². The van der Waals surface area contributed by atoms with Crippen molar-refractivity contribution in [1.82, 2.24) is 4.98 Å². The highest BCUT2D eigenvalue weighted by Crippen LogP contribution is 2.29. The summed E-state index contributed by atoms with van der Waals surface area (Å²) in [4.78, 5) is 17.1. The van der Waals surface area contributed by atoms with Crippen LogP contribution in [0.2, 0.25) is 0 Å². The van der Waals surface area contributed by atoms with Crippen LogP contribution in [0.15, 0.2) is 41.3 Å². The minimum atomic E-state index is -0.725. The van der Waals surface area contributed by atoms with E-state index in [0.29, 0.717) is 16.9 Å². The lowest BCUT2D eigenvalue weighted by molar-refractivity contribution is -0.115. The second-order valence-electron chi connectivity index (χ2n) is 5.21. The molecule has 0 bridgehead atoms. The van der Waals surface area contributed by atoms with E-state index >= 15 is 0 Å². The second-order valence-corrected chi connectivity index (χ2v) is 7.41. The summed E-state index contributed by atoms with van der Waals surface area (Å²) in [7, 11) is 0. The van der Waals surface area contributed by atoms with Gasteiger partial charge in [0.05, 0.1) is 4.70 Å². The van der Waals surface area contributed by atoms with E-state index in [4.69, 9.17) is 0 Å². The maximum Gasteiger partial charge on any atom is 0.226 e. The number of nitrogens with one attached hydrogen (secondary N) is 1. The highest BCUT2D eigenvalue weighted by atomic mass is 32.2. The van der Waals surface area contributed by atoms with E-state index in [0.717, 1.165) is 22.3 Å². The molecular weight excluding hydrogens is 350 g/mol. The Bertz CT molecular complexity index is 878. The van der Waals surface area contributed by atoms with Crippen LogP contribution in [-0.4, -0.2) is 16.6 Å². The molecule has 0 atom stereocenters. The lowest BCUT2D eigenvalue weighted by atomic mass is 10.2. The average Bonchev–Trinajstić information content (AvgIpc) is 2.92. The van der Waals surface area contributed by atoms with Crippen molar-refractivity contribution in [3.63, 3.8) is 0 Å². The molecule has 0 radical (unpaired) electrons. The Labute approximate surface area is 146 Å². The van der Waals surface area contributed by atoms with Gasteiger partial charge < -0.3 is 5.32 Å². The number of hydrogen-bond donors (Lipinski definition) is 1. The van der Waals surface area contributed by atoms with Crippen LogP contribution in [0.1, 0.15) is 12.0 Å².